The molecule has 16 heavy (non-hydrogen) atoms. The van der Waals surface area contributed by atoms with Gasteiger partial charge in [-0.1, -0.05) is 6.92 Å². The Kier molecular flexibility index (Phi) is 7.50. The zero-order chi connectivity index (χ0) is 11.3. The van der Waals surface area contributed by atoms with E-state index in [-0.39, 0.29) is 18.4 Å². The molecule has 1 fully saturated rings. The van der Waals surface area contributed by atoms with Crippen molar-refractivity contribution < 1.29 is 8.42 Å². The van der Waals surface area contributed by atoms with Gasteiger partial charge in [-0.2, -0.15) is 13.1 Å². The van der Waals surface area contributed by atoms with Crippen LogP contribution in [0.3, 0.4) is 0 Å². The van der Waals surface area contributed by atoms with Crippen molar-refractivity contribution in [1.29, 1.82) is 0 Å². The van der Waals surface area contributed by atoms with Crippen molar-refractivity contribution >= 4 is 22.6 Å². The lowest BCUT2D eigenvalue weighted by Gasteiger charge is -2.28. The molecule has 1 rings (SSSR count). The van der Waals surface area contributed by atoms with E-state index in [0.717, 1.165) is 25.9 Å². The highest BCUT2D eigenvalue weighted by molar-refractivity contribution is 7.87. The topological polar surface area (TPSA) is 70.2 Å². The lowest BCUT2D eigenvalue weighted by molar-refractivity contribution is 0.319. The van der Waals surface area contributed by atoms with Crippen LogP contribution in [0.4, 0.5) is 0 Å². The van der Waals surface area contributed by atoms with Crippen LogP contribution in [0.25, 0.3) is 0 Å². The summed E-state index contributed by atoms with van der Waals surface area (Å²) < 4.78 is 28.0. The van der Waals surface area contributed by atoms with Gasteiger partial charge in [0.1, 0.15) is 0 Å². The molecule has 0 saturated carbocycles. The van der Waals surface area contributed by atoms with Crippen molar-refractivity contribution in [3.05, 3.63) is 0 Å². The first-order valence-corrected chi connectivity index (χ1v) is 7.01. The molecule has 0 aromatic carbocycles. The average molecular weight is 272 g/mol. The van der Waals surface area contributed by atoms with Gasteiger partial charge >= 0.3 is 0 Å². The standard InChI is InChI=1S/C9H21N3O2S.ClH/c1-3-11-15(13,14)12-8(2)9-5-4-6-10-7-9;/h8-12H,3-7H2,1-2H3;1H. The zero-order valence-electron chi connectivity index (χ0n) is 9.82. The summed E-state index contributed by atoms with van der Waals surface area (Å²) in [4.78, 5) is 0. The molecule has 0 aromatic rings. The van der Waals surface area contributed by atoms with Gasteiger partial charge in [0.15, 0.2) is 0 Å². The fraction of sp³-hybridized carbons (Fsp3) is 1.00. The minimum absolute atomic E-state index is 0. The van der Waals surface area contributed by atoms with Gasteiger partial charge in [-0.25, -0.2) is 4.72 Å². The molecule has 3 N–H and O–H groups in total. The maximum atomic E-state index is 11.4. The number of piperidine rings is 1. The van der Waals surface area contributed by atoms with Crippen LogP contribution >= 0.6 is 12.4 Å². The maximum Gasteiger partial charge on any atom is 0.277 e. The van der Waals surface area contributed by atoms with Crippen LogP contribution in [0.5, 0.6) is 0 Å². The van der Waals surface area contributed by atoms with Crippen molar-refractivity contribution in [1.82, 2.24) is 14.8 Å². The number of halogens is 1. The molecule has 98 valence electrons. The summed E-state index contributed by atoms with van der Waals surface area (Å²) in [6.07, 6.45) is 2.21. The Morgan fingerprint density at radius 2 is 2.19 bits per heavy atom. The molecule has 0 radical (unpaired) electrons. The second kappa shape index (κ2) is 7.45. The van der Waals surface area contributed by atoms with Gasteiger partial charge in [0.2, 0.25) is 0 Å². The molecule has 0 spiro atoms. The number of hydrogen-bond acceptors (Lipinski definition) is 3. The Balaban J connectivity index is 0.00000225. The minimum Gasteiger partial charge on any atom is -0.316 e. The van der Waals surface area contributed by atoms with E-state index in [1.807, 2.05) is 6.92 Å². The van der Waals surface area contributed by atoms with Gasteiger partial charge in [0.25, 0.3) is 10.2 Å². The van der Waals surface area contributed by atoms with E-state index in [1.165, 1.54) is 0 Å². The van der Waals surface area contributed by atoms with Crippen LogP contribution in [0, 0.1) is 5.92 Å². The van der Waals surface area contributed by atoms with Crippen molar-refractivity contribution in [3.8, 4) is 0 Å². The second-order valence-electron chi connectivity index (χ2n) is 4.01. The summed E-state index contributed by atoms with van der Waals surface area (Å²) in [6, 6.07) is -0.0122. The predicted molar refractivity (Wildman–Crippen MR) is 68.0 cm³/mol. The normalized spacial score (nSPS) is 23.5. The fourth-order valence-electron chi connectivity index (χ4n) is 1.88. The smallest absolute Gasteiger partial charge is 0.277 e. The molecule has 0 bridgehead atoms. The summed E-state index contributed by atoms with van der Waals surface area (Å²) in [5.41, 5.74) is 0. The van der Waals surface area contributed by atoms with E-state index < -0.39 is 10.2 Å². The molecule has 1 aliphatic heterocycles. The van der Waals surface area contributed by atoms with Gasteiger partial charge < -0.3 is 5.32 Å². The third kappa shape index (κ3) is 5.45. The maximum absolute atomic E-state index is 11.4. The van der Waals surface area contributed by atoms with E-state index in [4.69, 9.17) is 0 Å². The second-order valence-corrected chi connectivity index (χ2v) is 5.55. The van der Waals surface area contributed by atoms with E-state index in [2.05, 4.69) is 14.8 Å². The monoisotopic (exact) mass is 271 g/mol. The van der Waals surface area contributed by atoms with Gasteiger partial charge in [0, 0.05) is 12.6 Å². The van der Waals surface area contributed by atoms with Gasteiger partial charge in [-0.15, -0.1) is 12.4 Å². The van der Waals surface area contributed by atoms with E-state index in [9.17, 15) is 8.42 Å². The largest absolute Gasteiger partial charge is 0.316 e. The van der Waals surface area contributed by atoms with Gasteiger partial charge in [0.05, 0.1) is 0 Å². The van der Waals surface area contributed by atoms with Gasteiger partial charge in [-0.3, -0.25) is 0 Å². The summed E-state index contributed by atoms with van der Waals surface area (Å²) in [6.45, 7) is 6.06. The van der Waals surface area contributed by atoms with Crippen molar-refractivity contribution in [3.63, 3.8) is 0 Å². The van der Waals surface area contributed by atoms with Crippen molar-refractivity contribution in [2.45, 2.75) is 32.7 Å². The molecular formula is C9H22ClN3O2S. The lowest BCUT2D eigenvalue weighted by atomic mass is 9.94. The average Bonchev–Trinajstić information content (AvgIpc) is 2.18. The fourth-order valence-corrected chi connectivity index (χ4v) is 3.02. The highest BCUT2D eigenvalue weighted by Crippen LogP contribution is 2.14. The molecule has 7 heteroatoms. The molecule has 0 aliphatic carbocycles. The van der Waals surface area contributed by atoms with Crippen LogP contribution in [-0.2, 0) is 10.2 Å². The first kappa shape index (κ1) is 16.1. The van der Waals surface area contributed by atoms with Crippen LogP contribution < -0.4 is 14.8 Å². The Labute approximate surface area is 104 Å². The van der Waals surface area contributed by atoms with Crippen molar-refractivity contribution in [2.24, 2.45) is 5.92 Å². The third-order valence-corrected chi connectivity index (χ3v) is 4.07. The number of hydrogen-bond donors (Lipinski definition) is 3. The molecule has 1 heterocycles. The molecule has 0 amide bonds. The first-order chi connectivity index (χ1) is 7.05. The molecule has 2 atom stereocenters. The molecule has 0 aromatic heterocycles. The Morgan fingerprint density at radius 3 is 2.69 bits per heavy atom. The third-order valence-electron chi connectivity index (χ3n) is 2.72. The van der Waals surface area contributed by atoms with Crippen LogP contribution in [0.1, 0.15) is 26.7 Å². The molecule has 2 unspecified atom stereocenters. The quantitative estimate of drug-likeness (QED) is 0.671. The van der Waals surface area contributed by atoms with Crippen LogP contribution in [-0.4, -0.2) is 34.1 Å². The summed E-state index contributed by atoms with van der Waals surface area (Å²) in [7, 11) is -3.31. The van der Waals surface area contributed by atoms with E-state index >= 15 is 0 Å². The van der Waals surface area contributed by atoms with E-state index in [0.29, 0.717) is 12.5 Å². The number of rotatable bonds is 5. The highest BCUT2D eigenvalue weighted by Gasteiger charge is 2.23. The summed E-state index contributed by atoms with van der Waals surface area (Å²) in [5, 5.41) is 3.28. The first-order valence-electron chi connectivity index (χ1n) is 5.53. The van der Waals surface area contributed by atoms with Crippen molar-refractivity contribution in [2.75, 3.05) is 19.6 Å². The molecule has 5 nitrogen and oxygen atoms in total. The van der Waals surface area contributed by atoms with Crippen LogP contribution in [0.2, 0.25) is 0 Å². The Morgan fingerprint density at radius 1 is 1.50 bits per heavy atom. The summed E-state index contributed by atoms with van der Waals surface area (Å²) in [5.74, 6) is 0.396. The minimum atomic E-state index is -3.31. The lowest BCUT2D eigenvalue weighted by Crippen LogP contribution is -2.48. The van der Waals surface area contributed by atoms with Crippen LogP contribution in [0.15, 0.2) is 0 Å². The molecular weight excluding hydrogens is 250 g/mol. The highest BCUT2D eigenvalue weighted by atomic mass is 35.5. The molecule has 1 saturated heterocycles. The Bertz CT molecular complexity index is 278. The van der Waals surface area contributed by atoms with E-state index in [1.54, 1.807) is 6.92 Å². The molecule has 1 aliphatic rings. The number of nitrogens with one attached hydrogen (secondary N) is 3. The SMILES string of the molecule is CCNS(=O)(=O)NC(C)C1CCCNC1.Cl. The predicted octanol–water partition coefficient (Wildman–Crippen LogP) is 0.240. The summed E-state index contributed by atoms with van der Waals surface area (Å²) >= 11 is 0. The Hall–Kier alpha value is 0.120. The zero-order valence-corrected chi connectivity index (χ0v) is 11.5. The van der Waals surface area contributed by atoms with Gasteiger partial charge in [-0.05, 0) is 38.8 Å².